The SMILES string of the molecule is Cc1ccc(NC(=O)CN2C(=O)[C@H]3CC=CC[C@H]3C2=O)cc1C. The minimum Gasteiger partial charge on any atom is -0.325 e. The fourth-order valence-electron chi connectivity index (χ4n) is 3.19. The summed E-state index contributed by atoms with van der Waals surface area (Å²) in [7, 11) is 0. The number of likely N-dealkylation sites (tertiary alicyclic amines) is 1. The van der Waals surface area contributed by atoms with E-state index in [-0.39, 0.29) is 36.1 Å². The summed E-state index contributed by atoms with van der Waals surface area (Å²) in [6, 6.07) is 5.62. The van der Waals surface area contributed by atoms with Crippen molar-refractivity contribution in [3.63, 3.8) is 0 Å². The molecule has 1 aromatic rings. The van der Waals surface area contributed by atoms with Crippen molar-refractivity contribution in [2.24, 2.45) is 11.8 Å². The van der Waals surface area contributed by atoms with Crippen LogP contribution in [0.25, 0.3) is 0 Å². The van der Waals surface area contributed by atoms with Crippen LogP contribution in [0, 0.1) is 25.7 Å². The molecule has 5 heteroatoms. The Labute approximate surface area is 135 Å². The quantitative estimate of drug-likeness (QED) is 0.687. The topological polar surface area (TPSA) is 66.5 Å². The summed E-state index contributed by atoms with van der Waals surface area (Å²) in [5.41, 5.74) is 2.90. The first-order valence-corrected chi connectivity index (χ1v) is 7.84. The molecule has 1 fully saturated rings. The normalized spacial score (nSPS) is 23.1. The van der Waals surface area contributed by atoms with Gasteiger partial charge in [0.05, 0.1) is 11.8 Å². The van der Waals surface area contributed by atoms with Crippen LogP contribution < -0.4 is 5.32 Å². The van der Waals surface area contributed by atoms with E-state index in [2.05, 4.69) is 5.32 Å². The summed E-state index contributed by atoms with van der Waals surface area (Å²) in [6.45, 7) is 3.76. The highest BCUT2D eigenvalue weighted by atomic mass is 16.2. The summed E-state index contributed by atoms with van der Waals surface area (Å²) in [4.78, 5) is 38.0. The summed E-state index contributed by atoms with van der Waals surface area (Å²) in [5, 5.41) is 2.76. The first-order valence-electron chi connectivity index (χ1n) is 7.84. The first kappa shape index (κ1) is 15.5. The average molecular weight is 312 g/mol. The van der Waals surface area contributed by atoms with E-state index in [0.717, 1.165) is 16.0 Å². The molecular weight excluding hydrogens is 292 g/mol. The highest BCUT2D eigenvalue weighted by Gasteiger charge is 2.47. The predicted octanol–water partition coefficient (Wildman–Crippen LogP) is 2.19. The van der Waals surface area contributed by atoms with Crippen LogP contribution in [-0.4, -0.2) is 29.2 Å². The van der Waals surface area contributed by atoms with Gasteiger partial charge in [-0.15, -0.1) is 0 Å². The molecule has 0 bridgehead atoms. The van der Waals surface area contributed by atoms with E-state index < -0.39 is 0 Å². The second kappa shape index (κ2) is 5.99. The minimum absolute atomic E-state index is 0.211. The number of hydrogen-bond donors (Lipinski definition) is 1. The molecule has 23 heavy (non-hydrogen) atoms. The number of nitrogens with one attached hydrogen (secondary N) is 1. The molecule has 0 saturated carbocycles. The molecule has 0 radical (unpaired) electrons. The van der Waals surface area contributed by atoms with Crippen molar-refractivity contribution in [3.05, 3.63) is 41.5 Å². The van der Waals surface area contributed by atoms with Gasteiger partial charge in [0.2, 0.25) is 17.7 Å². The maximum Gasteiger partial charge on any atom is 0.244 e. The lowest BCUT2D eigenvalue weighted by molar-refractivity contribution is -0.142. The largest absolute Gasteiger partial charge is 0.325 e. The number of allylic oxidation sites excluding steroid dienone is 2. The van der Waals surface area contributed by atoms with Crippen LogP contribution in [-0.2, 0) is 14.4 Å². The fourth-order valence-corrected chi connectivity index (χ4v) is 3.19. The lowest BCUT2D eigenvalue weighted by atomic mass is 9.85. The number of amides is 3. The Morgan fingerprint density at radius 2 is 1.70 bits per heavy atom. The lowest BCUT2D eigenvalue weighted by Crippen LogP contribution is -2.38. The number of benzene rings is 1. The zero-order chi connectivity index (χ0) is 16.6. The second-order valence-corrected chi connectivity index (χ2v) is 6.27. The number of nitrogens with zero attached hydrogens (tertiary/aromatic N) is 1. The van der Waals surface area contributed by atoms with E-state index >= 15 is 0 Å². The van der Waals surface area contributed by atoms with Gasteiger partial charge in [-0.25, -0.2) is 0 Å². The standard InChI is InChI=1S/C18H20N2O3/c1-11-7-8-13(9-12(11)2)19-16(21)10-20-17(22)14-5-3-4-6-15(14)18(20)23/h3-4,7-9,14-15H,5-6,10H2,1-2H3,(H,19,21)/t14-,15+. The highest BCUT2D eigenvalue weighted by Crippen LogP contribution is 2.34. The van der Waals surface area contributed by atoms with Gasteiger partial charge in [0.15, 0.2) is 0 Å². The summed E-state index contributed by atoms with van der Waals surface area (Å²) in [6.07, 6.45) is 5.05. The molecule has 5 nitrogen and oxygen atoms in total. The van der Waals surface area contributed by atoms with Crippen molar-refractivity contribution < 1.29 is 14.4 Å². The summed E-state index contributed by atoms with van der Waals surface area (Å²) < 4.78 is 0. The van der Waals surface area contributed by atoms with E-state index in [1.165, 1.54) is 0 Å². The van der Waals surface area contributed by atoms with Crippen molar-refractivity contribution in [2.45, 2.75) is 26.7 Å². The summed E-state index contributed by atoms with van der Waals surface area (Å²) >= 11 is 0. The molecule has 0 aromatic heterocycles. The predicted molar refractivity (Wildman–Crippen MR) is 86.6 cm³/mol. The number of imide groups is 1. The van der Waals surface area contributed by atoms with Crippen molar-refractivity contribution >= 4 is 23.4 Å². The van der Waals surface area contributed by atoms with Crippen LogP contribution in [0.1, 0.15) is 24.0 Å². The van der Waals surface area contributed by atoms with Crippen LogP contribution in [0.2, 0.25) is 0 Å². The van der Waals surface area contributed by atoms with Crippen LogP contribution >= 0.6 is 0 Å². The Morgan fingerprint density at radius 1 is 1.09 bits per heavy atom. The number of rotatable bonds is 3. The molecule has 3 rings (SSSR count). The van der Waals surface area contributed by atoms with Gasteiger partial charge in [-0.1, -0.05) is 18.2 Å². The van der Waals surface area contributed by atoms with Crippen LogP contribution in [0.3, 0.4) is 0 Å². The average Bonchev–Trinajstić information content (AvgIpc) is 2.76. The third-order valence-corrected chi connectivity index (χ3v) is 4.69. The Kier molecular flexibility index (Phi) is 4.03. The molecular formula is C18H20N2O3. The van der Waals surface area contributed by atoms with E-state index in [1.54, 1.807) is 0 Å². The molecule has 1 aliphatic heterocycles. The summed E-state index contributed by atoms with van der Waals surface area (Å²) in [5.74, 6) is -1.37. The van der Waals surface area contributed by atoms with Crippen molar-refractivity contribution in [1.29, 1.82) is 0 Å². The molecule has 2 atom stereocenters. The van der Waals surface area contributed by atoms with Crippen molar-refractivity contribution in [1.82, 2.24) is 4.90 Å². The Balaban J connectivity index is 1.67. The van der Waals surface area contributed by atoms with E-state index in [9.17, 15) is 14.4 Å². The maximum atomic E-state index is 12.3. The molecule has 0 spiro atoms. The molecule has 3 amide bonds. The fraction of sp³-hybridized carbons (Fsp3) is 0.389. The van der Waals surface area contributed by atoms with Gasteiger partial charge in [0, 0.05) is 5.69 Å². The molecule has 1 aromatic carbocycles. The molecule has 2 aliphatic rings. The number of aryl methyl sites for hydroxylation is 2. The Hall–Kier alpha value is -2.43. The smallest absolute Gasteiger partial charge is 0.244 e. The van der Waals surface area contributed by atoms with Gasteiger partial charge in [0.1, 0.15) is 6.54 Å². The molecule has 1 heterocycles. The third-order valence-electron chi connectivity index (χ3n) is 4.69. The van der Waals surface area contributed by atoms with E-state index in [1.807, 2.05) is 44.2 Å². The Morgan fingerprint density at radius 3 is 2.26 bits per heavy atom. The third kappa shape index (κ3) is 2.91. The molecule has 1 aliphatic carbocycles. The molecule has 1 N–H and O–H groups in total. The van der Waals surface area contributed by atoms with Crippen LogP contribution in [0.5, 0.6) is 0 Å². The lowest BCUT2D eigenvalue weighted by Gasteiger charge is -2.15. The molecule has 120 valence electrons. The first-order chi connectivity index (χ1) is 11.0. The number of anilines is 1. The van der Waals surface area contributed by atoms with Gasteiger partial charge in [-0.3, -0.25) is 19.3 Å². The number of hydrogen-bond acceptors (Lipinski definition) is 3. The zero-order valence-electron chi connectivity index (χ0n) is 13.3. The van der Waals surface area contributed by atoms with E-state index in [0.29, 0.717) is 18.5 Å². The number of carbonyl (C=O) groups is 3. The van der Waals surface area contributed by atoms with Gasteiger partial charge in [0.25, 0.3) is 0 Å². The highest BCUT2D eigenvalue weighted by molar-refractivity contribution is 6.08. The number of fused-ring (bicyclic) bond motifs is 1. The second-order valence-electron chi connectivity index (χ2n) is 6.27. The number of carbonyl (C=O) groups excluding carboxylic acids is 3. The van der Waals surface area contributed by atoms with Gasteiger partial charge < -0.3 is 5.32 Å². The minimum atomic E-state index is -0.346. The van der Waals surface area contributed by atoms with Gasteiger partial charge in [-0.2, -0.15) is 0 Å². The van der Waals surface area contributed by atoms with Gasteiger partial charge in [-0.05, 0) is 49.9 Å². The van der Waals surface area contributed by atoms with E-state index in [4.69, 9.17) is 0 Å². The maximum absolute atomic E-state index is 12.3. The van der Waals surface area contributed by atoms with Crippen molar-refractivity contribution in [2.75, 3.05) is 11.9 Å². The molecule has 1 saturated heterocycles. The van der Waals surface area contributed by atoms with Gasteiger partial charge >= 0.3 is 0 Å². The Bertz CT molecular complexity index is 682. The van der Waals surface area contributed by atoms with Crippen LogP contribution in [0.15, 0.2) is 30.4 Å². The van der Waals surface area contributed by atoms with Crippen LogP contribution in [0.4, 0.5) is 5.69 Å². The van der Waals surface area contributed by atoms with Crippen molar-refractivity contribution in [3.8, 4) is 0 Å². The molecule has 0 unspecified atom stereocenters. The zero-order valence-corrected chi connectivity index (χ0v) is 13.3. The monoisotopic (exact) mass is 312 g/mol.